The second-order valence-corrected chi connectivity index (χ2v) is 12.1. The monoisotopic (exact) mass is 573 g/mol. The molecule has 0 heterocycles. The Hall–Kier alpha value is -2.08. The third kappa shape index (κ3) is 18.9. The van der Waals surface area contributed by atoms with E-state index in [1.807, 2.05) is 18.2 Å². The van der Waals surface area contributed by atoms with Crippen LogP contribution in [0.1, 0.15) is 153 Å². The Morgan fingerprint density at radius 3 is 1.68 bits per heavy atom. The van der Waals surface area contributed by atoms with Crippen LogP contribution in [-0.4, -0.2) is 48.6 Å². The van der Waals surface area contributed by atoms with Crippen LogP contribution in [0.3, 0.4) is 0 Å². The van der Waals surface area contributed by atoms with Crippen LogP contribution in [0.15, 0.2) is 24.3 Å². The predicted octanol–water partition coefficient (Wildman–Crippen LogP) is 9.02. The van der Waals surface area contributed by atoms with E-state index >= 15 is 0 Å². The molecule has 6 nitrogen and oxygen atoms in total. The van der Waals surface area contributed by atoms with Gasteiger partial charge in [-0.05, 0) is 40.2 Å². The van der Waals surface area contributed by atoms with Crippen molar-refractivity contribution in [3.05, 3.63) is 35.4 Å². The molecule has 0 aromatic heterocycles. The van der Waals surface area contributed by atoms with E-state index in [4.69, 9.17) is 4.74 Å². The Balaban J connectivity index is 2.11. The van der Waals surface area contributed by atoms with Crippen molar-refractivity contribution in [1.29, 1.82) is 0 Å². The first kappa shape index (κ1) is 36.9. The smallest absolute Gasteiger partial charge is 0.407 e. The lowest BCUT2D eigenvalue weighted by Crippen LogP contribution is -2.42. The van der Waals surface area contributed by atoms with Crippen molar-refractivity contribution >= 4 is 12.0 Å². The molecule has 0 aliphatic carbocycles. The van der Waals surface area contributed by atoms with E-state index in [0.717, 1.165) is 24.9 Å². The molecule has 1 aromatic rings. The first-order chi connectivity index (χ1) is 19.9. The number of nitrogens with zero attached hydrogens (tertiary/aromatic N) is 1. The number of amides is 2. The molecule has 1 rings (SSSR count). The molecule has 0 saturated carbocycles. The summed E-state index contributed by atoms with van der Waals surface area (Å²) in [6.45, 7) is 12.9. The summed E-state index contributed by atoms with van der Waals surface area (Å²) in [4.78, 5) is 27.3. The number of benzene rings is 1. The molecular formula is C35H63N3O3. The number of hydrogen-bond donors (Lipinski definition) is 2. The molecule has 1 aromatic carbocycles. The maximum atomic E-state index is 12.8. The number of nitrogens with one attached hydrogen (secondary N) is 2. The van der Waals surface area contributed by atoms with Crippen molar-refractivity contribution in [2.75, 3.05) is 19.6 Å². The summed E-state index contributed by atoms with van der Waals surface area (Å²) < 4.78 is 5.41. The highest BCUT2D eigenvalue weighted by Crippen LogP contribution is 2.14. The maximum Gasteiger partial charge on any atom is 0.407 e. The van der Waals surface area contributed by atoms with Gasteiger partial charge in [0, 0.05) is 42.8 Å². The quantitative estimate of drug-likeness (QED) is 0.115. The summed E-state index contributed by atoms with van der Waals surface area (Å²) in [6.07, 6.45) is 20.9. The second-order valence-electron chi connectivity index (χ2n) is 12.1. The van der Waals surface area contributed by atoms with E-state index < -0.39 is 6.09 Å². The van der Waals surface area contributed by atoms with Gasteiger partial charge < -0.3 is 15.4 Å². The van der Waals surface area contributed by atoms with E-state index in [-0.39, 0.29) is 12.5 Å². The van der Waals surface area contributed by atoms with E-state index in [1.165, 1.54) is 89.9 Å². The van der Waals surface area contributed by atoms with Crippen LogP contribution < -0.4 is 10.6 Å². The zero-order valence-corrected chi connectivity index (χ0v) is 27.3. The van der Waals surface area contributed by atoms with Crippen molar-refractivity contribution in [2.24, 2.45) is 0 Å². The van der Waals surface area contributed by atoms with E-state index in [2.05, 4.69) is 50.2 Å². The molecule has 0 aliphatic heterocycles. The van der Waals surface area contributed by atoms with Gasteiger partial charge in [0.05, 0.1) is 0 Å². The molecule has 0 aliphatic rings. The largest absolute Gasteiger partial charge is 0.445 e. The van der Waals surface area contributed by atoms with Gasteiger partial charge >= 0.3 is 6.09 Å². The van der Waals surface area contributed by atoms with E-state index in [9.17, 15) is 9.59 Å². The zero-order valence-electron chi connectivity index (χ0n) is 27.3. The molecule has 0 unspecified atom stereocenters. The fraction of sp³-hybridized carbons (Fsp3) is 0.771. The molecule has 0 fully saturated rings. The normalized spacial score (nSPS) is 11.4. The molecule has 0 radical (unpaired) electrons. The second kappa shape index (κ2) is 24.5. The Bertz CT molecular complexity index is 789. The van der Waals surface area contributed by atoms with Gasteiger partial charge in [0.1, 0.15) is 6.61 Å². The van der Waals surface area contributed by atoms with Gasteiger partial charge in [-0.2, -0.15) is 0 Å². The third-order valence-corrected chi connectivity index (χ3v) is 7.90. The van der Waals surface area contributed by atoms with Crippen LogP contribution in [0.5, 0.6) is 0 Å². The van der Waals surface area contributed by atoms with Gasteiger partial charge in [-0.3, -0.25) is 9.69 Å². The maximum absolute atomic E-state index is 12.8. The van der Waals surface area contributed by atoms with Crippen LogP contribution in [0.25, 0.3) is 0 Å². The summed E-state index contributed by atoms with van der Waals surface area (Å²) in [7, 11) is 0. The number of hydrogen-bond acceptors (Lipinski definition) is 4. The molecule has 236 valence electrons. The lowest BCUT2D eigenvalue weighted by Gasteiger charge is -2.30. The minimum absolute atomic E-state index is 0.0759. The number of carbonyl (C=O) groups is 2. The van der Waals surface area contributed by atoms with Gasteiger partial charge in [0.15, 0.2) is 0 Å². The van der Waals surface area contributed by atoms with E-state index in [1.54, 1.807) is 6.07 Å². The number of rotatable bonds is 25. The first-order valence-corrected chi connectivity index (χ1v) is 16.9. The Labute approximate surface area is 252 Å². The van der Waals surface area contributed by atoms with Crippen LogP contribution >= 0.6 is 0 Å². The van der Waals surface area contributed by atoms with Gasteiger partial charge in [-0.25, -0.2) is 4.79 Å². The highest BCUT2D eigenvalue weighted by Gasteiger charge is 2.15. The van der Waals surface area contributed by atoms with Gasteiger partial charge in [-0.1, -0.05) is 121 Å². The lowest BCUT2D eigenvalue weighted by atomic mass is 10.0. The Morgan fingerprint density at radius 1 is 0.683 bits per heavy atom. The molecule has 6 heteroatoms. The van der Waals surface area contributed by atoms with Gasteiger partial charge in [0.25, 0.3) is 5.91 Å². The van der Waals surface area contributed by atoms with E-state index in [0.29, 0.717) is 30.7 Å². The minimum atomic E-state index is -0.458. The third-order valence-electron chi connectivity index (χ3n) is 7.90. The summed E-state index contributed by atoms with van der Waals surface area (Å²) in [5.41, 5.74) is 1.29. The average Bonchev–Trinajstić information content (AvgIpc) is 2.95. The highest BCUT2D eigenvalue weighted by atomic mass is 16.5. The summed E-state index contributed by atoms with van der Waals surface area (Å²) in [5.74, 6) is -0.102. The lowest BCUT2D eigenvalue weighted by molar-refractivity contribution is 0.0946. The Kier molecular flexibility index (Phi) is 22.1. The van der Waals surface area contributed by atoms with Crippen molar-refractivity contribution in [2.45, 2.75) is 156 Å². The van der Waals surface area contributed by atoms with Crippen molar-refractivity contribution in [3.63, 3.8) is 0 Å². The van der Waals surface area contributed by atoms with Crippen LogP contribution in [0.4, 0.5) is 4.79 Å². The zero-order chi connectivity index (χ0) is 30.1. The fourth-order valence-electron chi connectivity index (χ4n) is 5.43. The summed E-state index contributed by atoms with van der Waals surface area (Å²) >= 11 is 0. The average molecular weight is 574 g/mol. The molecule has 0 spiro atoms. The van der Waals surface area contributed by atoms with Gasteiger partial charge in [-0.15, -0.1) is 0 Å². The van der Waals surface area contributed by atoms with Crippen molar-refractivity contribution in [3.8, 4) is 0 Å². The molecule has 0 bridgehead atoms. The Morgan fingerprint density at radius 2 is 1.17 bits per heavy atom. The van der Waals surface area contributed by atoms with Crippen molar-refractivity contribution < 1.29 is 14.3 Å². The molecule has 0 saturated heterocycles. The molecule has 2 N–H and O–H groups in total. The minimum Gasteiger partial charge on any atom is -0.445 e. The number of alkyl carbamates (subject to hydrolysis) is 1. The summed E-state index contributed by atoms with van der Waals surface area (Å²) in [6, 6.07) is 8.18. The number of unbranched alkanes of at least 4 members (excludes halogenated alkanes) is 15. The van der Waals surface area contributed by atoms with Crippen LogP contribution in [-0.2, 0) is 11.3 Å². The summed E-state index contributed by atoms with van der Waals surface area (Å²) in [5, 5.41) is 5.87. The topological polar surface area (TPSA) is 70.7 Å². The highest BCUT2D eigenvalue weighted by molar-refractivity contribution is 5.95. The molecule has 0 atom stereocenters. The van der Waals surface area contributed by atoms with Crippen LogP contribution in [0, 0.1) is 0 Å². The molecule has 2 amide bonds. The fourth-order valence-corrected chi connectivity index (χ4v) is 5.43. The molecular weight excluding hydrogens is 510 g/mol. The van der Waals surface area contributed by atoms with Crippen molar-refractivity contribution in [1.82, 2.24) is 15.5 Å². The SMILES string of the molecule is CCCCCCCCCCCCCCCCCCNC(=O)c1ccccc1COC(=O)NCCN(C(C)C)C(C)C. The number of ether oxygens (including phenoxy) is 1. The first-order valence-electron chi connectivity index (χ1n) is 16.9. The standard InChI is InChI=1S/C35H63N3O3/c1-6-7-8-9-10-11-12-13-14-15-16-17-18-19-20-23-26-36-34(39)33-25-22-21-24-32(33)29-41-35(40)37-27-28-38(30(2)3)31(4)5/h21-22,24-25,30-31H,6-20,23,26-29H2,1-5H3,(H,36,39)(H,37,40). The van der Waals surface area contributed by atoms with Crippen LogP contribution in [0.2, 0.25) is 0 Å². The number of carbonyl (C=O) groups excluding carboxylic acids is 2. The van der Waals surface area contributed by atoms with Gasteiger partial charge in [0.2, 0.25) is 0 Å². The predicted molar refractivity (Wildman–Crippen MR) is 173 cm³/mol. The molecule has 41 heavy (non-hydrogen) atoms.